The summed E-state index contributed by atoms with van der Waals surface area (Å²) in [4.78, 5) is 29.9. The minimum absolute atomic E-state index is 0.00170. The molecule has 0 radical (unpaired) electrons. The molecule has 12 heteroatoms. The first-order valence-electron chi connectivity index (χ1n) is 12.8. The van der Waals surface area contributed by atoms with Crippen LogP contribution in [0.2, 0.25) is 5.02 Å². The van der Waals surface area contributed by atoms with Crippen LogP contribution in [0.4, 0.5) is 8.78 Å². The number of amides is 2. The van der Waals surface area contributed by atoms with Crippen LogP contribution in [0.3, 0.4) is 0 Å². The molecule has 0 spiro atoms. The van der Waals surface area contributed by atoms with Gasteiger partial charge >= 0.3 is 0 Å². The van der Waals surface area contributed by atoms with Gasteiger partial charge in [-0.3, -0.25) is 9.59 Å². The van der Waals surface area contributed by atoms with E-state index in [0.29, 0.717) is 43.2 Å². The van der Waals surface area contributed by atoms with Crippen molar-refractivity contribution in [3.63, 3.8) is 0 Å². The molecule has 37 heavy (non-hydrogen) atoms. The number of likely N-dealkylation sites (tertiary alicyclic amines) is 1. The summed E-state index contributed by atoms with van der Waals surface area (Å²) in [6.07, 6.45) is 1.82. The molecule has 0 saturated carbocycles. The zero-order chi connectivity index (χ0) is 26.1. The first-order chi connectivity index (χ1) is 17.8. The number of fused-ring (bicyclic) bond motifs is 1. The molecule has 2 aromatic rings. The summed E-state index contributed by atoms with van der Waals surface area (Å²) in [5.74, 6) is 0.499. The molecule has 1 unspecified atom stereocenters. The number of carbonyl (C=O) groups is 2. The largest absolute Gasteiger partial charge is 0.487 e. The molecule has 1 aromatic carbocycles. The topological polar surface area (TPSA) is 92.6 Å². The van der Waals surface area contributed by atoms with E-state index in [1.807, 2.05) is 4.90 Å². The number of aromatic nitrogens is 3. The fourth-order valence-corrected chi connectivity index (χ4v) is 5.91. The first kappa shape index (κ1) is 25.8. The van der Waals surface area contributed by atoms with Gasteiger partial charge in [0.15, 0.2) is 0 Å². The van der Waals surface area contributed by atoms with Crippen molar-refractivity contribution in [3.8, 4) is 5.75 Å². The Morgan fingerprint density at radius 2 is 2.08 bits per heavy atom. The van der Waals surface area contributed by atoms with Crippen molar-refractivity contribution < 1.29 is 23.1 Å². The molecule has 3 aliphatic heterocycles. The highest BCUT2D eigenvalue weighted by atomic mass is 35.5. The molecule has 0 bridgehead atoms. The summed E-state index contributed by atoms with van der Waals surface area (Å²) >= 11 is 6.61. The highest BCUT2D eigenvalue weighted by Crippen LogP contribution is 2.42. The van der Waals surface area contributed by atoms with Crippen LogP contribution >= 0.6 is 11.6 Å². The normalized spacial score (nSPS) is 22.0. The van der Waals surface area contributed by atoms with E-state index >= 15 is 0 Å². The fourth-order valence-electron chi connectivity index (χ4n) is 5.65. The van der Waals surface area contributed by atoms with Gasteiger partial charge in [-0.05, 0) is 49.9 Å². The lowest BCUT2D eigenvalue weighted by Gasteiger charge is -2.42. The van der Waals surface area contributed by atoms with Gasteiger partial charge in [0, 0.05) is 43.7 Å². The second-order valence-corrected chi connectivity index (χ2v) is 10.2. The van der Waals surface area contributed by atoms with Crippen LogP contribution < -0.4 is 10.1 Å². The van der Waals surface area contributed by atoms with Crippen molar-refractivity contribution >= 4 is 23.4 Å². The third-order valence-electron chi connectivity index (χ3n) is 7.54. The van der Waals surface area contributed by atoms with E-state index in [2.05, 4.69) is 15.6 Å². The summed E-state index contributed by atoms with van der Waals surface area (Å²) in [6.45, 7) is 2.01. The molecule has 1 N–H and O–H groups in total. The van der Waals surface area contributed by atoms with Crippen molar-refractivity contribution in [2.75, 3.05) is 26.2 Å². The lowest BCUT2D eigenvalue weighted by molar-refractivity contribution is -0.139. The number of benzene rings is 1. The number of halogens is 3. The highest BCUT2D eigenvalue weighted by Gasteiger charge is 2.39. The standard InChI is InChI=1S/C25H31ClF2N6O3/c1-32-23(24(27)28)18(30-31-32)14-37-20-8-7-16(26)15-9-12-34(25(36)17-5-2-3-10-29-17)19(22(15)20)13-33-11-4-6-21(33)35/h7-8,17,19,24,29H,2-6,9-14H2,1H3/t17?,19-/m1/s1. The number of rotatable bonds is 7. The second-order valence-electron chi connectivity index (χ2n) is 9.82. The van der Waals surface area contributed by atoms with Crippen molar-refractivity contribution in [1.82, 2.24) is 30.1 Å². The Morgan fingerprint density at radius 1 is 1.24 bits per heavy atom. The molecule has 0 aliphatic carbocycles. The van der Waals surface area contributed by atoms with Crippen molar-refractivity contribution in [2.45, 2.75) is 63.6 Å². The van der Waals surface area contributed by atoms with Gasteiger partial charge < -0.3 is 19.9 Å². The number of piperidine rings is 1. The Balaban J connectivity index is 1.49. The average Bonchev–Trinajstić information content (AvgIpc) is 3.48. The highest BCUT2D eigenvalue weighted by molar-refractivity contribution is 6.31. The lowest BCUT2D eigenvalue weighted by Crippen LogP contribution is -2.53. The Kier molecular flexibility index (Phi) is 7.62. The summed E-state index contributed by atoms with van der Waals surface area (Å²) in [6, 6.07) is 2.68. The molecule has 200 valence electrons. The van der Waals surface area contributed by atoms with Gasteiger partial charge in [0.05, 0.1) is 12.1 Å². The smallest absolute Gasteiger partial charge is 0.282 e. The van der Waals surface area contributed by atoms with Crippen molar-refractivity contribution in [1.29, 1.82) is 0 Å². The third kappa shape index (κ3) is 5.16. The SMILES string of the molecule is Cn1nnc(COc2ccc(Cl)c3c2[C@@H](CN2CCCC2=O)N(C(=O)C2CCCCN2)CC3)c1C(F)F. The molecule has 9 nitrogen and oxygen atoms in total. The Morgan fingerprint density at radius 3 is 2.78 bits per heavy atom. The number of nitrogens with zero attached hydrogens (tertiary/aromatic N) is 5. The monoisotopic (exact) mass is 536 g/mol. The van der Waals surface area contributed by atoms with Crippen molar-refractivity contribution in [2.24, 2.45) is 7.05 Å². The number of hydrogen-bond donors (Lipinski definition) is 1. The number of carbonyl (C=O) groups excluding carboxylic acids is 2. The van der Waals surface area contributed by atoms with E-state index in [4.69, 9.17) is 16.3 Å². The number of aryl methyl sites for hydroxylation is 1. The van der Waals surface area contributed by atoms with Gasteiger partial charge in [-0.1, -0.05) is 23.2 Å². The minimum atomic E-state index is -2.75. The molecular formula is C25H31ClF2N6O3. The molecule has 4 heterocycles. The third-order valence-corrected chi connectivity index (χ3v) is 7.90. The Labute approximate surface area is 219 Å². The summed E-state index contributed by atoms with van der Waals surface area (Å²) in [7, 11) is 1.41. The predicted molar refractivity (Wildman–Crippen MR) is 131 cm³/mol. The molecule has 2 saturated heterocycles. The number of ether oxygens (including phenoxy) is 1. The maximum absolute atomic E-state index is 13.7. The second kappa shape index (κ2) is 10.9. The zero-order valence-electron chi connectivity index (χ0n) is 20.8. The van der Waals surface area contributed by atoms with Crippen LogP contribution in [0.5, 0.6) is 5.75 Å². The fraction of sp³-hybridized carbons (Fsp3) is 0.600. The minimum Gasteiger partial charge on any atom is -0.487 e. The van der Waals surface area contributed by atoms with Crippen LogP contribution in [0.15, 0.2) is 12.1 Å². The van der Waals surface area contributed by atoms with E-state index in [1.54, 1.807) is 17.0 Å². The van der Waals surface area contributed by atoms with Gasteiger partial charge in [-0.25, -0.2) is 13.5 Å². The number of hydrogen-bond acceptors (Lipinski definition) is 6. The van der Waals surface area contributed by atoms with Crippen LogP contribution in [-0.2, 0) is 29.7 Å². The van der Waals surface area contributed by atoms with Crippen molar-refractivity contribution in [3.05, 3.63) is 39.7 Å². The van der Waals surface area contributed by atoms with Gasteiger partial charge in [-0.2, -0.15) is 0 Å². The molecule has 5 rings (SSSR count). The molecule has 2 amide bonds. The van der Waals surface area contributed by atoms with Gasteiger partial charge in [0.25, 0.3) is 6.43 Å². The zero-order valence-corrected chi connectivity index (χ0v) is 21.5. The molecular weight excluding hydrogens is 506 g/mol. The molecule has 2 atom stereocenters. The predicted octanol–water partition coefficient (Wildman–Crippen LogP) is 3.18. The average molecular weight is 537 g/mol. The van der Waals surface area contributed by atoms with Crippen LogP contribution in [-0.4, -0.2) is 68.8 Å². The van der Waals surface area contributed by atoms with E-state index in [0.717, 1.165) is 48.0 Å². The van der Waals surface area contributed by atoms with E-state index in [9.17, 15) is 18.4 Å². The first-order valence-corrected chi connectivity index (χ1v) is 13.1. The molecule has 2 fully saturated rings. The lowest BCUT2D eigenvalue weighted by atomic mass is 9.89. The van der Waals surface area contributed by atoms with E-state index < -0.39 is 12.5 Å². The van der Waals surface area contributed by atoms with Crippen LogP contribution in [0.25, 0.3) is 0 Å². The Bertz CT molecular complexity index is 1170. The Hall–Kier alpha value is -2.79. The number of nitrogens with one attached hydrogen (secondary N) is 1. The maximum Gasteiger partial charge on any atom is 0.282 e. The van der Waals surface area contributed by atoms with Gasteiger partial charge in [0.2, 0.25) is 11.8 Å². The van der Waals surface area contributed by atoms with Crippen LogP contribution in [0, 0.1) is 0 Å². The maximum atomic E-state index is 13.7. The van der Waals surface area contributed by atoms with Crippen LogP contribution in [0.1, 0.15) is 67.1 Å². The molecule has 3 aliphatic rings. The molecule has 1 aromatic heterocycles. The van der Waals surface area contributed by atoms with E-state index in [-0.39, 0.29) is 35.9 Å². The van der Waals surface area contributed by atoms with Gasteiger partial charge in [0.1, 0.15) is 23.7 Å². The number of alkyl halides is 2. The van der Waals surface area contributed by atoms with E-state index in [1.165, 1.54) is 7.05 Å². The quantitative estimate of drug-likeness (QED) is 0.584. The summed E-state index contributed by atoms with van der Waals surface area (Å²) in [5.41, 5.74) is 1.32. The summed E-state index contributed by atoms with van der Waals surface area (Å²) in [5, 5.41) is 11.5. The summed E-state index contributed by atoms with van der Waals surface area (Å²) < 4.78 is 34.2. The van der Waals surface area contributed by atoms with Gasteiger partial charge in [-0.15, -0.1) is 5.10 Å².